The molecule has 0 aliphatic carbocycles. The summed E-state index contributed by atoms with van der Waals surface area (Å²) in [5.74, 6) is 5.75. The van der Waals surface area contributed by atoms with Crippen LogP contribution in [0.4, 0.5) is 13.2 Å². The first-order valence-corrected chi connectivity index (χ1v) is 6.45. The van der Waals surface area contributed by atoms with Crippen LogP contribution >= 0.6 is 0 Å². The van der Waals surface area contributed by atoms with Crippen LogP contribution in [0.15, 0.2) is 18.2 Å². The highest BCUT2D eigenvalue weighted by atomic mass is 19.4. The van der Waals surface area contributed by atoms with Gasteiger partial charge in [0.15, 0.2) is 0 Å². The smallest absolute Gasteiger partial charge is 0.401 e. The van der Waals surface area contributed by atoms with Gasteiger partial charge in [0.1, 0.15) is 12.4 Å². The van der Waals surface area contributed by atoms with Crippen molar-refractivity contribution in [2.75, 3.05) is 26.8 Å². The molecule has 21 heavy (non-hydrogen) atoms. The van der Waals surface area contributed by atoms with Crippen molar-refractivity contribution < 1.29 is 23.0 Å². The number of rotatable bonds is 5. The molecule has 1 N–H and O–H groups in total. The van der Waals surface area contributed by atoms with E-state index in [0.717, 1.165) is 0 Å². The Morgan fingerprint density at radius 2 is 2.05 bits per heavy atom. The topological polar surface area (TPSA) is 32.7 Å². The van der Waals surface area contributed by atoms with Gasteiger partial charge >= 0.3 is 6.18 Å². The van der Waals surface area contributed by atoms with Gasteiger partial charge in [-0.3, -0.25) is 4.90 Å². The lowest BCUT2D eigenvalue weighted by Gasteiger charge is -2.23. The van der Waals surface area contributed by atoms with Crippen LogP contribution in [0.3, 0.4) is 0 Å². The summed E-state index contributed by atoms with van der Waals surface area (Å²) in [5.41, 5.74) is 1.26. The fraction of sp³-hybridized carbons (Fsp3) is 0.467. The number of benzene rings is 1. The second kappa shape index (κ2) is 7.91. The Morgan fingerprint density at radius 1 is 1.33 bits per heavy atom. The minimum absolute atomic E-state index is 0.119. The Hall–Kier alpha value is -1.71. The number of aliphatic hydroxyl groups excluding tert-OH is 1. The fourth-order valence-electron chi connectivity index (χ4n) is 1.90. The third-order valence-electron chi connectivity index (χ3n) is 2.84. The SMILES string of the molecule is CCN(Cc1cc(C#CCO)ccc1OC)CC(F)(F)F. The minimum Gasteiger partial charge on any atom is -0.496 e. The lowest BCUT2D eigenvalue weighted by Crippen LogP contribution is -2.33. The van der Waals surface area contributed by atoms with Gasteiger partial charge in [0.2, 0.25) is 0 Å². The molecule has 116 valence electrons. The number of nitrogens with zero attached hydrogens (tertiary/aromatic N) is 1. The van der Waals surface area contributed by atoms with Gasteiger partial charge in [0, 0.05) is 17.7 Å². The Balaban J connectivity index is 2.97. The first-order chi connectivity index (χ1) is 9.89. The van der Waals surface area contributed by atoms with Crippen LogP contribution in [0, 0.1) is 11.8 Å². The van der Waals surface area contributed by atoms with Gasteiger partial charge in [-0.15, -0.1) is 0 Å². The molecule has 0 atom stereocenters. The number of hydrogen-bond donors (Lipinski definition) is 1. The summed E-state index contributed by atoms with van der Waals surface area (Å²) in [5, 5.41) is 8.68. The van der Waals surface area contributed by atoms with E-state index in [-0.39, 0.29) is 19.7 Å². The first-order valence-electron chi connectivity index (χ1n) is 6.45. The number of hydrogen-bond acceptors (Lipinski definition) is 3. The predicted molar refractivity (Wildman–Crippen MR) is 74.0 cm³/mol. The molecule has 0 aliphatic heterocycles. The third-order valence-corrected chi connectivity index (χ3v) is 2.84. The second-order valence-corrected chi connectivity index (χ2v) is 4.40. The standard InChI is InChI=1S/C15H18F3NO2/c1-3-19(11-15(16,17)18)10-13-9-12(5-4-8-20)6-7-14(13)21-2/h6-7,9,20H,3,8,10-11H2,1-2H3. The Kier molecular flexibility index (Phi) is 6.53. The van der Waals surface area contributed by atoms with Gasteiger partial charge in [-0.1, -0.05) is 18.8 Å². The van der Waals surface area contributed by atoms with Crippen LogP contribution < -0.4 is 4.74 Å². The maximum absolute atomic E-state index is 12.5. The van der Waals surface area contributed by atoms with Crippen LogP contribution in [0.25, 0.3) is 0 Å². The first kappa shape index (κ1) is 17.3. The highest BCUT2D eigenvalue weighted by Crippen LogP contribution is 2.23. The van der Waals surface area contributed by atoms with Crippen LogP contribution in [0.5, 0.6) is 5.75 Å². The van der Waals surface area contributed by atoms with Crippen molar-refractivity contribution in [2.45, 2.75) is 19.6 Å². The molecule has 0 aromatic heterocycles. The summed E-state index contributed by atoms with van der Waals surface area (Å²) in [4.78, 5) is 1.28. The lowest BCUT2D eigenvalue weighted by atomic mass is 10.1. The molecule has 0 fully saturated rings. The van der Waals surface area contributed by atoms with Crippen molar-refractivity contribution in [1.82, 2.24) is 4.90 Å². The summed E-state index contributed by atoms with van der Waals surface area (Å²) in [7, 11) is 1.47. The van der Waals surface area contributed by atoms with Crippen molar-refractivity contribution in [3.63, 3.8) is 0 Å². The van der Waals surface area contributed by atoms with E-state index in [4.69, 9.17) is 9.84 Å². The quantitative estimate of drug-likeness (QED) is 0.848. The monoisotopic (exact) mass is 301 g/mol. The molecule has 0 unspecified atom stereocenters. The van der Waals surface area contributed by atoms with Crippen molar-refractivity contribution in [1.29, 1.82) is 0 Å². The molecule has 0 bridgehead atoms. The Labute approximate surface area is 122 Å². The van der Waals surface area contributed by atoms with Crippen molar-refractivity contribution >= 4 is 0 Å². The van der Waals surface area contributed by atoms with Crippen LogP contribution in [0.2, 0.25) is 0 Å². The molecular weight excluding hydrogens is 283 g/mol. The van der Waals surface area contributed by atoms with E-state index in [1.807, 2.05) is 0 Å². The molecule has 1 rings (SSSR count). The van der Waals surface area contributed by atoms with E-state index in [2.05, 4.69) is 11.8 Å². The van der Waals surface area contributed by atoms with E-state index in [1.165, 1.54) is 12.0 Å². The van der Waals surface area contributed by atoms with E-state index in [9.17, 15) is 13.2 Å². The van der Waals surface area contributed by atoms with Gasteiger partial charge in [-0.2, -0.15) is 13.2 Å². The molecule has 1 aromatic rings. The Bertz CT molecular complexity index is 518. The maximum Gasteiger partial charge on any atom is 0.401 e. The second-order valence-electron chi connectivity index (χ2n) is 4.40. The average molecular weight is 301 g/mol. The van der Waals surface area contributed by atoms with Crippen LogP contribution in [-0.4, -0.2) is 43.0 Å². The largest absolute Gasteiger partial charge is 0.496 e. The highest BCUT2D eigenvalue weighted by molar-refractivity contribution is 5.44. The van der Waals surface area contributed by atoms with Gasteiger partial charge in [0.05, 0.1) is 13.7 Å². The summed E-state index contributed by atoms with van der Waals surface area (Å²) < 4.78 is 42.7. The molecule has 0 spiro atoms. The van der Waals surface area contributed by atoms with Gasteiger partial charge < -0.3 is 9.84 Å². The third kappa shape index (κ3) is 6.06. The molecule has 0 radical (unpaired) electrons. The zero-order valence-electron chi connectivity index (χ0n) is 12.0. The van der Waals surface area contributed by atoms with Crippen LogP contribution in [0.1, 0.15) is 18.1 Å². The van der Waals surface area contributed by atoms with Gasteiger partial charge in [-0.05, 0) is 24.7 Å². The van der Waals surface area contributed by atoms with Crippen molar-refractivity contribution in [3.8, 4) is 17.6 Å². The molecule has 0 amide bonds. The number of aliphatic hydroxyl groups is 1. The molecule has 1 aromatic carbocycles. The number of methoxy groups -OCH3 is 1. The van der Waals surface area contributed by atoms with E-state index >= 15 is 0 Å². The maximum atomic E-state index is 12.5. The number of halogens is 3. The van der Waals surface area contributed by atoms with Crippen molar-refractivity contribution in [3.05, 3.63) is 29.3 Å². The molecular formula is C15H18F3NO2. The zero-order chi connectivity index (χ0) is 15.9. The number of ether oxygens (including phenoxy) is 1. The highest BCUT2D eigenvalue weighted by Gasteiger charge is 2.30. The zero-order valence-corrected chi connectivity index (χ0v) is 12.0. The van der Waals surface area contributed by atoms with Gasteiger partial charge in [-0.25, -0.2) is 0 Å². The molecule has 0 heterocycles. The minimum atomic E-state index is -4.24. The lowest BCUT2D eigenvalue weighted by molar-refractivity contribution is -0.146. The van der Waals surface area contributed by atoms with Gasteiger partial charge in [0.25, 0.3) is 0 Å². The summed E-state index contributed by atoms with van der Waals surface area (Å²) in [6, 6.07) is 5.05. The fourth-order valence-corrected chi connectivity index (χ4v) is 1.90. The Morgan fingerprint density at radius 3 is 2.57 bits per heavy atom. The molecule has 3 nitrogen and oxygen atoms in total. The van der Waals surface area contributed by atoms with E-state index in [1.54, 1.807) is 25.1 Å². The van der Waals surface area contributed by atoms with E-state index in [0.29, 0.717) is 16.9 Å². The average Bonchev–Trinajstić information content (AvgIpc) is 2.43. The molecule has 0 saturated carbocycles. The van der Waals surface area contributed by atoms with E-state index < -0.39 is 12.7 Å². The summed E-state index contributed by atoms with van der Waals surface area (Å²) in [6.07, 6.45) is -4.24. The predicted octanol–water partition coefficient (Wildman–Crippen LogP) is 2.42. The van der Waals surface area contributed by atoms with Crippen LogP contribution in [-0.2, 0) is 6.54 Å². The molecule has 0 saturated heterocycles. The molecule has 0 aliphatic rings. The molecule has 6 heteroatoms. The normalized spacial score (nSPS) is 11.2. The van der Waals surface area contributed by atoms with Crippen molar-refractivity contribution in [2.24, 2.45) is 0 Å². The summed E-state index contributed by atoms with van der Waals surface area (Å²) in [6.45, 7) is 0.826. The number of alkyl halides is 3. The summed E-state index contributed by atoms with van der Waals surface area (Å²) >= 11 is 0.